The van der Waals surface area contributed by atoms with Gasteiger partial charge in [0.15, 0.2) is 11.5 Å². The molecule has 0 bridgehead atoms. The lowest BCUT2D eigenvalue weighted by molar-refractivity contribution is 0.0950. The van der Waals surface area contributed by atoms with Gasteiger partial charge in [-0.1, -0.05) is 19.9 Å². The van der Waals surface area contributed by atoms with Gasteiger partial charge in [-0.15, -0.1) is 0 Å². The Morgan fingerprint density at radius 2 is 1.94 bits per heavy atom. The Morgan fingerprint density at radius 1 is 1.15 bits per heavy atom. The highest BCUT2D eigenvalue weighted by atomic mass is 16.1. The second kappa shape index (κ2) is 8.65. The van der Waals surface area contributed by atoms with Gasteiger partial charge in [0, 0.05) is 47.9 Å². The van der Waals surface area contributed by atoms with Gasteiger partial charge in [0.05, 0.1) is 17.6 Å². The van der Waals surface area contributed by atoms with Crippen LogP contribution in [0.1, 0.15) is 42.6 Å². The van der Waals surface area contributed by atoms with Crippen LogP contribution in [0.2, 0.25) is 0 Å². The van der Waals surface area contributed by atoms with E-state index in [1.54, 1.807) is 12.4 Å². The van der Waals surface area contributed by atoms with Gasteiger partial charge in [-0.05, 0) is 55.5 Å². The highest BCUT2D eigenvalue weighted by Gasteiger charge is 2.24. The van der Waals surface area contributed by atoms with Crippen LogP contribution in [0.3, 0.4) is 0 Å². The molecule has 7 heteroatoms. The number of rotatable bonds is 7. The van der Waals surface area contributed by atoms with Crippen molar-refractivity contribution in [2.45, 2.75) is 39.7 Å². The fourth-order valence-electron chi connectivity index (χ4n) is 3.85. The molecule has 0 saturated heterocycles. The summed E-state index contributed by atoms with van der Waals surface area (Å²) in [6.07, 6.45) is 9.57. The van der Waals surface area contributed by atoms with E-state index in [0.717, 1.165) is 64.5 Å². The first-order chi connectivity index (χ1) is 16.0. The molecule has 7 nitrogen and oxygen atoms in total. The van der Waals surface area contributed by atoms with Gasteiger partial charge in [-0.3, -0.25) is 14.2 Å². The average molecular weight is 441 g/mol. The highest BCUT2D eigenvalue weighted by molar-refractivity contribution is 5.96. The molecule has 3 heterocycles. The Labute approximate surface area is 193 Å². The van der Waals surface area contributed by atoms with E-state index in [1.165, 1.54) is 0 Å². The van der Waals surface area contributed by atoms with Gasteiger partial charge in [-0.25, -0.2) is 9.97 Å². The standard InChI is InChI=1S/C26H28N6O/c1-16(2)13-28-24-25-29-14-23(32(25)15-22(31-24)18-8-10-27-11-9-18)19-4-7-21(17(3)12-19)26(33)30-20-5-6-20/h4,7-12,14-16,20H,5-6,13H2,1-3H3,(H,28,31)(H,30,33). The number of imidazole rings is 1. The van der Waals surface area contributed by atoms with E-state index in [1.807, 2.05) is 43.6 Å². The molecule has 1 aromatic carbocycles. The molecule has 0 aliphatic heterocycles. The van der Waals surface area contributed by atoms with Crippen LogP contribution >= 0.6 is 0 Å². The molecular formula is C26H28N6O. The number of amides is 1. The van der Waals surface area contributed by atoms with E-state index < -0.39 is 0 Å². The summed E-state index contributed by atoms with van der Waals surface area (Å²) in [7, 11) is 0. The number of fused-ring (bicyclic) bond motifs is 1. The number of aromatic nitrogens is 4. The number of nitrogens with one attached hydrogen (secondary N) is 2. The quantitative estimate of drug-likeness (QED) is 0.434. The lowest BCUT2D eigenvalue weighted by Crippen LogP contribution is -2.26. The zero-order valence-corrected chi connectivity index (χ0v) is 19.2. The van der Waals surface area contributed by atoms with Gasteiger partial charge < -0.3 is 10.6 Å². The Bertz CT molecular complexity index is 1310. The van der Waals surface area contributed by atoms with Crippen molar-refractivity contribution in [3.8, 4) is 22.5 Å². The maximum atomic E-state index is 12.5. The van der Waals surface area contributed by atoms with Crippen molar-refractivity contribution < 1.29 is 4.79 Å². The van der Waals surface area contributed by atoms with E-state index in [2.05, 4.69) is 44.9 Å². The number of benzene rings is 1. The first kappa shape index (κ1) is 21.1. The van der Waals surface area contributed by atoms with Crippen molar-refractivity contribution in [2.75, 3.05) is 11.9 Å². The number of nitrogens with zero attached hydrogens (tertiary/aromatic N) is 4. The Hall–Kier alpha value is -3.74. The molecule has 1 aliphatic carbocycles. The minimum atomic E-state index is 0.00374. The van der Waals surface area contributed by atoms with Gasteiger partial charge in [0.1, 0.15) is 0 Å². The van der Waals surface area contributed by atoms with Crippen LogP contribution in [0.4, 0.5) is 5.82 Å². The molecule has 0 unspecified atom stereocenters. The van der Waals surface area contributed by atoms with Crippen LogP contribution in [-0.2, 0) is 0 Å². The predicted octanol–water partition coefficient (Wildman–Crippen LogP) is 4.73. The molecule has 3 aromatic heterocycles. The number of aryl methyl sites for hydroxylation is 1. The lowest BCUT2D eigenvalue weighted by Gasteiger charge is -2.13. The minimum Gasteiger partial charge on any atom is -0.367 e. The monoisotopic (exact) mass is 440 g/mol. The second-order valence-electron chi connectivity index (χ2n) is 9.10. The first-order valence-electron chi connectivity index (χ1n) is 11.4. The Morgan fingerprint density at radius 3 is 2.64 bits per heavy atom. The third kappa shape index (κ3) is 4.44. The van der Waals surface area contributed by atoms with Crippen LogP contribution < -0.4 is 10.6 Å². The van der Waals surface area contributed by atoms with Gasteiger partial charge in [0.25, 0.3) is 5.91 Å². The maximum absolute atomic E-state index is 12.5. The van der Waals surface area contributed by atoms with Crippen LogP contribution in [-0.4, -0.2) is 37.8 Å². The molecule has 0 spiro atoms. The van der Waals surface area contributed by atoms with Crippen molar-refractivity contribution in [2.24, 2.45) is 5.92 Å². The molecule has 1 amide bonds. The van der Waals surface area contributed by atoms with Crippen molar-refractivity contribution >= 4 is 17.4 Å². The number of hydrogen-bond donors (Lipinski definition) is 2. The third-order valence-corrected chi connectivity index (χ3v) is 5.83. The number of carbonyl (C=O) groups is 1. The van der Waals surface area contributed by atoms with Crippen molar-refractivity contribution in [3.63, 3.8) is 0 Å². The number of carbonyl (C=O) groups excluding carboxylic acids is 1. The molecule has 1 saturated carbocycles. The first-order valence-corrected chi connectivity index (χ1v) is 11.4. The van der Waals surface area contributed by atoms with Gasteiger partial charge in [0.2, 0.25) is 0 Å². The summed E-state index contributed by atoms with van der Waals surface area (Å²) >= 11 is 0. The topological polar surface area (TPSA) is 84.2 Å². The third-order valence-electron chi connectivity index (χ3n) is 5.83. The summed E-state index contributed by atoms with van der Waals surface area (Å²) < 4.78 is 2.07. The predicted molar refractivity (Wildman–Crippen MR) is 130 cm³/mol. The van der Waals surface area contributed by atoms with Gasteiger partial charge >= 0.3 is 0 Å². The smallest absolute Gasteiger partial charge is 0.251 e. The summed E-state index contributed by atoms with van der Waals surface area (Å²) in [5.74, 6) is 1.23. The van der Waals surface area contributed by atoms with Crippen LogP contribution in [0.25, 0.3) is 28.2 Å². The highest BCUT2D eigenvalue weighted by Crippen LogP contribution is 2.29. The normalized spacial score (nSPS) is 13.5. The molecule has 33 heavy (non-hydrogen) atoms. The zero-order chi connectivity index (χ0) is 22.9. The Balaban J connectivity index is 1.57. The molecule has 1 aliphatic rings. The molecule has 0 atom stereocenters. The van der Waals surface area contributed by atoms with Gasteiger partial charge in [-0.2, -0.15) is 0 Å². The lowest BCUT2D eigenvalue weighted by atomic mass is 10.0. The maximum Gasteiger partial charge on any atom is 0.251 e. The summed E-state index contributed by atoms with van der Waals surface area (Å²) in [4.78, 5) is 26.2. The molecule has 168 valence electrons. The molecule has 4 aromatic rings. The SMILES string of the molecule is Cc1cc(-c2cnc3c(NCC(C)C)nc(-c4ccncc4)cn23)ccc1C(=O)NC1CC1. The average Bonchev–Trinajstić information content (AvgIpc) is 3.52. The van der Waals surface area contributed by atoms with Crippen molar-refractivity contribution in [1.29, 1.82) is 0 Å². The summed E-state index contributed by atoms with van der Waals surface area (Å²) in [6.45, 7) is 7.11. The number of pyridine rings is 1. The fourth-order valence-corrected chi connectivity index (χ4v) is 3.85. The van der Waals surface area contributed by atoms with Crippen LogP contribution in [0.15, 0.2) is 55.1 Å². The number of anilines is 1. The molecule has 5 rings (SSSR count). The fraction of sp³-hybridized carbons (Fsp3) is 0.308. The summed E-state index contributed by atoms with van der Waals surface area (Å²) in [5.41, 5.74) is 6.23. The van der Waals surface area contributed by atoms with Crippen LogP contribution in [0.5, 0.6) is 0 Å². The number of hydrogen-bond acceptors (Lipinski definition) is 5. The Kier molecular flexibility index (Phi) is 5.54. The van der Waals surface area contributed by atoms with E-state index in [4.69, 9.17) is 4.98 Å². The second-order valence-corrected chi connectivity index (χ2v) is 9.10. The minimum absolute atomic E-state index is 0.00374. The zero-order valence-electron chi connectivity index (χ0n) is 19.2. The molecule has 0 radical (unpaired) electrons. The largest absolute Gasteiger partial charge is 0.367 e. The summed E-state index contributed by atoms with van der Waals surface area (Å²) in [5, 5.41) is 6.53. The molecule has 2 N–H and O–H groups in total. The summed E-state index contributed by atoms with van der Waals surface area (Å²) in [6, 6.07) is 10.2. The van der Waals surface area contributed by atoms with E-state index in [-0.39, 0.29) is 5.91 Å². The van der Waals surface area contributed by atoms with Crippen molar-refractivity contribution in [3.05, 3.63) is 66.2 Å². The van der Waals surface area contributed by atoms with E-state index in [9.17, 15) is 4.79 Å². The van der Waals surface area contributed by atoms with E-state index in [0.29, 0.717) is 12.0 Å². The van der Waals surface area contributed by atoms with E-state index >= 15 is 0 Å². The molecule has 1 fully saturated rings. The van der Waals surface area contributed by atoms with Crippen LogP contribution in [0, 0.1) is 12.8 Å². The molecular weight excluding hydrogens is 412 g/mol. The van der Waals surface area contributed by atoms with Crippen molar-refractivity contribution in [1.82, 2.24) is 24.7 Å².